The molecule has 1 fully saturated rings. The Morgan fingerprint density at radius 1 is 1.16 bits per heavy atom. The van der Waals surface area contributed by atoms with E-state index in [2.05, 4.69) is 11.9 Å². The fourth-order valence-corrected chi connectivity index (χ4v) is 2.89. The molecule has 1 aliphatic carbocycles. The molecule has 1 amide bonds. The lowest BCUT2D eigenvalue weighted by Gasteiger charge is -2.27. The molecule has 3 heteroatoms. The number of rotatable bonds is 4. The van der Waals surface area contributed by atoms with Crippen LogP contribution in [0.3, 0.4) is 0 Å². The van der Waals surface area contributed by atoms with Gasteiger partial charge in [0.2, 0.25) is 5.91 Å². The second-order valence-corrected chi connectivity index (χ2v) is 5.62. The Hall–Kier alpha value is -1.35. The minimum Gasteiger partial charge on any atom is -0.366 e. The van der Waals surface area contributed by atoms with E-state index < -0.39 is 0 Å². The van der Waals surface area contributed by atoms with Crippen molar-refractivity contribution in [3.63, 3.8) is 0 Å². The highest BCUT2D eigenvalue weighted by molar-refractivity contribution is 5.92. The van der Waals surface area contributed by atoms with Crippen molar-refractivity contribution < 1.29 is 4.79 Å². The maximum Gasteiger partial charge on any atom is 0.248 e. The second-order valence-electron chi connectivity index (χ2n) is 5.62. The van der Waals surface area contributed by atoms with Crippen LogP contribution >= 0.6 is 0 Å². The highest BCUT2D eigenvalue weighted by Gasteiger charge is 2.16. The number of carbonyl (C=O) groups excluding carboxylic acids is 1. The van der Waals surface area contributed by atoms with Crippen LogP contribution < -0.4 is 5.73 Å². The van der Waals surface area contributed by atoms with E-state index in [4.69, 9.17) is 5.73 Å². The van der Waals surface area contributed by atoms with Gasteiger partial charge in [-0.3, -0.25) is 9.69 Å². The third-order valence-electron chi connectivity index (χ3n) is 4.12. The molecule has 0 bridgehead atoms. The summed E-state index contributed by atoms with van der Waals surface area (Å²) in [7, 11) is 2.21. The number of hydrogen-bond acceptors (Lipinski definition) is 2. The monoisotopic (exact) mass is 260 g/mol. The number of carbonyl (C=O) groups is 1. The van der Waals surface area contributed by atoms with Gasteiger partial charge < -0.3 is 5.73 Å². The summed E-state index contributed by atoms with van der Waals surface area (Å²) >= 11 is 0. The Morgan fingerprint density at radius 3 is 2.26 bits per heavy atom. The molecule has 0 saturated heterocycles. The molecule has 0 aromatic heterocycles. The van der Waals surface area contributed by atoms with Crippen molar-refractivity contribution in [1.82, 2.24) is 4.90 Å². The molecule has 0 unspecified atom stereocenters. The first-order valence-corrected chi connectivity index (χ1v) is 7.26. The van der Waals surface area contributed by atoms with Gasteiger partial charge in [0.15, 0.2) is 0 Å². The van der Waals surface area contributed by atoms with Gasteiger partial charge in [0.05, 0.1) is 0 Å². The lowest BCUT2D eigenvalue weighted by molar-refractivity contribution is 0.100. The molecular weight excluding hydrogens is 236 g/mol. The summed E-state index contributed by atoms with van der Waals surface area (Å²) in [5.74, 6) is -0.358. The number of nitrogens with two attached hydrogens (primary N) is 1. The quantitative estimate of drug-likeness (QED) is 0.846. The Balaban J connectivity index is 1.93. The van der Waals surface area contributed by atoms with E-state index >= 15 is 0 Å². The van der Waals surface area contributed by atoms with Crippen molar-refractivity contribution in [3.05, 3.63) is 35.4 Å². The van der Waals surface area contributed by atoms with Gasteiger partial charge in [0.1, 0.15) is 0 Å². The topological polar surface area (TPSA) is 46.3 Å². The van der Waals surface area contributed by atoms with Crippen molar-refractivity contribution >= 4 is 5.91 Å². The summed E-state index contributed by atoms with van der Waals surface area (Å²) in [6.45, 7) is 0.948. The standard InChI is InChI=1S/C16H24N2O/c1-18(15-6-4-2-3-5-7-15)12-13-8-10-14(11-9-13)16(17)19/h8-11,15H,2-7,12H2,1H3,(H2,17,19). The van der Waals surface area contributed by atoms with Crippen molar-refractivity contribution in [3.8, 4) is 0 Å². The van der Waals surface area contributed by atoms with Crippen LogP contribution in [-0.4, -0.2) is 23.9 Å². The van der Waals surface area contributed by atoms with Gasteiger partial charge >= 0.3 is 0 Å². The van der Waals surface area contributed by atoms with Crippen LogP contribution in [0.4, 0.5) is 0 Å². The molecule has 0 atom stereocenters. The average molecular weight is 260 g/mol. The lowest BCUT2D eigenvalue weighted by atomic mass is 10.1. The Labute approximate surface area is 115 Å². The molecule has 104 valence electrons. The molecule has 0 spiro atoms. The van der Waals surface area contributed by atoms with Crippen LogP contribution in [0.2, 0.25) is 0 Å². The van der Waals surface area contributed by atoms with Gasteiger partial charge in [-0.25, -0.2) is 0 Å². The van der Waals surface area contributed by atoms with Crippen LogP contribution in [0.1, 0.15) is 54.4 Å². The average Bonchev–Trinajstić information content (AvgIpc) is 2.68. The summed E-state index contributed by atoms with van der Waals surface area (Å²) in [4.78, 5) is 13.5. The van der Waals surface area contributed by atoms with E-state index in [1.807, 2.05) is 24.3 Å². The molecular formula is C16H24N2O. The zero-order valence-corrected chi connectivity index (χ0v) is 11.8. The Morgan fingerprint density at radius 2 is 1.74 bits per heavy atom. The second kappa shape index (κ2) is 6.71. The fraction of sp³-hybridized carbons (Fsp3) is 0.562. The van der Waals surface area contributed by atoms with Crippen molar-refractivity contribution in [2.24, 2.45) is 5.73 Å². The van der Waals surface area contributed by atoms with Gasteiger partial charge in [-0.05, 0) is 37.6 Å². The SMILES string of the molecule is CN(Cc1ccc(C(N)=O)cc1)C1CCCCCC1. The molecule has 1 aromatic rings. The first kappa shape index (κ1) is 14.1. The number of nitrogens with zero attached hydrogens (tertiary/aromatic N) is 1. The lowest BCUT2D eigenvalue weighted by Crippen LogP contribution is -2.30. The third kappa shape index (κ3) is 4.06. The normalized spacial score (nSPS) is 17.4. The summed E-state index contributed by atoms with van der Waals surface area (Å²) in [5.41, 5.74) is 7.08. The molecule has 2 rings (SSSR count). The summed E-state index contributed by atoms with van der Waals surface area (Å²) < 4.78 is 0. The van der Waals surface area contributed by atoms with E-state index in [0.717, 1.165) is 6.54 Å². The number of amides is 1. The Kier molecular flexibility index (Phi) is 4.97. The van der Waals surface area contributed by atoms with E-state index in [-0.39, 0.29) is 5.91 Å². The molecule has 1 saturated carbocycles. The molecule has 19 heavy (non-hydrogen) atoms. The van der Waals surface area contributed by atoms with Crippen molar-refractivity contribution in [1.29, 1.82) is 0 Å². The molecule has 0 radical (unpaired) electrons. The summed E-state index contributed by atoms with van der Waals surface area (Å²) in [6.07, 6.45) is 8.12. The van der Waals surface area contributed by atoms with Gasteiger partial charge in [0.25, 0.3) is 0 Å². The van der Waals surface area contributed by atoms with Crippen LogP contribution in [0, 0.1) is 0 Å². The van der Waals surface area contributed by atoms with Gasteiger partial charge in [-0.2, -0.15) is 0 Å². The molecule has 2 N–H and O–H groups in total. The third-order valence-corrected chi connectivity index (χ3v) is 4.12. The highest BCUT2D eigenvalue weighted by Crippen LogP contribution is 2.22. The minimum absolute atomic E-state index is 0.358. The smallest absolute Gasteiger partial charge is 0.248 e. The van der Waals surface area contributed by atoms with Crippen molar-refractivity contribution in [2.75, 3.05) is 7.05 Å². The predicted octanol–water partition coefficient (Wildman–Crippen LogP) is 2.94. The Bertz CT molecular complexity index is 405. The van der Waals surface area contributed by atoms with E-state index in [0.29, 0.717) is 11.6 Å². The predicted molar refractivity (Wildman–Crippen MR) is 77.9 cm³/mol. The molecule has 0 aliphatic heterocycles. The minimum atomic E-state index is -0.358. The highest BCUT2D eigenvalue weighted by atomic mass is 16.1. The molecule has 1 aromatic carbocycles. The molecule has 0 heterocycles. The number of hydrogen-bond donors (Lipinski definition) is 1. The summed E-state index contributed by atoms with van der Waals surface area (Å²) in [6, 6.07) is 8.36. The number of benzene rings is 1. The zero-order valence-electron chi connectivity index (χ0n) is 11.8. The maximum atomic E-state index is 11.0. The van der Waals surface area contributed by atoms with E-state index in [9.17, 15) is 4.79 Å². The number of primary amides is 1. The molecule has 1 aliphatic rings. The van der Waals surface area contributed by atoms with Crippen LogP contribution in [0.5, 0.6) is 0 Å². The maximum absolute atomic E-state index is 11.0. The molecule has 3 nitrogen and oxygen atoms in total. The first-order valence-electron chi connectivity index (χ1n) is 7.26. The van der Waals surface area contributed by atoms with Crippen LogP contribution in [0.15, 0.2) is 24.3 Å². The van der Waals surface area contributed by atoms with Crippen molar-refractivity contribution in [2.45, 2.75) is 51.1 Å². The fourth-order valence-electron chi connectivity index (χ4n) is 2.89. The van der Waals surface area contributed by atoms with Gasteiger partial charge in [-0.1, -0.05) is 37.8 Å². The van der Waals surface area contributed by atoms with E-state index in [1.54, 1.807) is 0 Å². The largest absolute Gasteiger partial charge is 0.366 e. The van der Waals surface area contributed by atoms with Crippen LogP contribution in [-0.2, 0) is 6.54 Å². The van der Waals surface area contributed by atoms with E-state index in [1.165, 1.54) is 44.1 Å². The van der Waals surface area contributed by atoms with Gasteiger partial charge in [-0.15, -0.1) is 0 Å². The summed E-state index contributed by atoms with van der Waals surface area (Å²) in [5, 5.41) is 0. The van der Waals surface area contributed by atoms with Crippen LogP contribution in [0.25, 0.3) is 0 Å². The zero-order chi connectivity index (χ0) is 13.7. The van der Waals surface area contributed by atoms with Gasteiger partial charge in [0, 0.05) is 18.2 Å². The first-order chi connectivity index (χ1) is 9.16.